The van der Waals surface area contributed by atoms with E-state index < -0.39 is 29.8 Å². The van der Waals surface area contributed by atoms with Crippen molar-refractivity contribution >= 4 is 11.4 Å². The van der Waals surface area contributed by atoms with E-state index in [0.29, 0.717) is 5.69 Å². The van der Waals surface area contributed by atoms with E-state index in [1.54, 1.807) is 13.0 Å². The Morgan fingerprint density at radius 1 is 1.30 bits per heavy atom. The van der Waals surface area contributed by atoms with Gasteiger partial charge in [-0.25, -0.2) is 5.21 Å². The number of aryl methyl sites for hydroxylation is 1. The maximum absolute atomic E-state index is 10.9. The minimum absolute atomic E-state index is 0.101. The lowest BCUT2D eigenvalue weighted by Gasteiger charge is -2.36. The monoisotopic (exact) mass is 286 g/mol. The first-order chi connectivity index (χ1) is 9.40. The molecule has 1 fully saturated rings. The number of hydrogen-bond acceptors (Lipinski definition) is 7. The van der Waals surface area contributed by atoms with Crippen molar-refractivity contribution in [2.45, 2.75) is 31.5 Å². The number of rotatable bonds is 3. The lowest BCUT2D eigenvalue weighted by molar-refractivity contribution is -0.991. The Bertz CT molecular complexity index is 469. The molecule has 6 N–H and O–H groups in total. The molecule has 8 heteroatoms. The highest BCUT2D eigenvalue weighted by Crippen LogP contribution is 2.23. The molecule has 1 aromatic carbocycles. The molecular weight excluding hydrogens is 268 g/mol. The molecule has 1 unspecified atom stereocenters. The standard InChI is InChI=1S/C12H18N2O6/c1-6-2-3-7(14(18)19)4-8(6)13-12-11(17)10(16)9(15)5-20-12/h2-4,9-18H,5H2,1H3/t9-,10-,11+,12-/m1/s1. The lowest BCUT2D eigenvalue weighted by Crippen LogP contribution is -2.99. The van der Waals surface area contributed by atoms with Crippen LogP contribution in [0.3, 0.4) is 0 Å². The van der Waals surface area contributed by atoms with Gasteiger partial charge < -0.3 is 30.6 Å². The Morgan fingerprint density at radius 3 is 2.65 bits per heavy atom. The van der Waals surface area contributed by atoms with Crippen molar-refractivity contribution in [3.8, 4) is 0 Å². The summed E-state index contributed by atoms with van der Waals surface area (Å²) in [6.45, 7) is 1.65. The number of benzene rings is 1. The van der Waals surface area contributed by atoms with Crippen molar-refractivity contribution in [2.24, 2.45) is 0 Å². The van der Waals surface area contributed by atoms with Crippen LogP contribution in [0.2, 0.25) is 0 Å². The van der Waals surface area contributed by atoms with Crippen molar-refractivity contribution in [1.82, 2.24) is 0 Å². The molecule has 0 saturated carbocycles. The van der Waals surface area contributed by atoms with Crippen LogP contribution in [0.5, 0.6) is 0 Å². The van der Waals surface area contributed by atoms with Gasteiger partial charge >= 0.3 is 0 Å². The Kier molecular flexibility index (Phi) is 4.55. The molecule has 1 aliphatic heterocycles. The van der Waals surface area contributed by atoms with Gasteiger partial charge in [0.05, 0.1) is 6.61 Å². The number of aliphatic hydroxyl groups excluding tert-OH is 3. The van der Waals surface area contributed by atoms with Crippen molar-refractivity contribution < 1.29 is 30.5 Å². The van der Waals surface area contributed by atoms with Crippen LogP contribution in [0.1, 0.15) is 5.56 Å². The van der Waals surface area contributed by atoms with Gasteiger partial charge in [0.25, 0.3) is 0 Å². The normalized spacial score (nSPS) is 31.9. The van der Waals surface area contributed by atoms with Gasteiger partial charge in [-0.2, -0.15) is 5.23 Å². The number of hydrogen-bond donors (Lipinski definition) is 6. The van der Waals surface area contributed by atoms with Crippen molar-refractivity contribution in [3.63, 3.8) is 0 Å². The maximum Gasteiger partial charge on any atom is 0.165 e. The number of aliphatic hydroxyl groups is 3. The fourth-order valence-electron chi connectivity index (χ4n) is 2.00. The van der Waals surface area contributed by atoms with Crippen molar-refractivity contribution in [3.05, 3.63) is 29.0 Å². The second-order valence-electron chi connectivity index (χ2n) is 4.78. The summed E-state index contributed by atoms with van der Waals surface area (Å²) < 4.78 is 5.21. The Balaban J connectivity index is 2.15. The SMILES string of the molecule is Cc1ccc([NH+]([O-])O)cc1N[C@@H]1OC[C@@H](O)[C@@H](O)[C@@H]1O. The highest BCUT2D eigenvalue weighted by molar-refractivity contribution is 5.57. The molecule has 0 radical (unpaired) electrons. The van der Waals surface area contributed by atoms with E-state index in [4.69, 9.17) is 9.94 Å². The van der Waals surface area contributed by atoms with Gasteiger partial charge in [0.2, 0.25) is 0 Å². The summed E-state index contributed by atoms with van der Waals surface area (Å²) in [5, 5.41) is 50.4. The third kappa shape index (κ3) is 3.07. The van der Waals surface area contributed by atoms with Gasteiger partial charge in [-0.3, -0.25) is 0 Å². The number of ether oxygens (including phenoxy) is 1. The quantitative estimate of drug-likeness (QED) is 0.363. The van der Waals surface area contributed by atoms with Crippen molar-refractivity contribution in [2.75, 3.05) is 11.9 Å². The van der Waals surface area contributed by atoms with E-state index >= 15 is 0 Å². The van der Waals surface area contributed by atoms with Crippen LogP contribution < -0.4 is 10.5 Å². The molecule has 1 aromatic rings. The lowest BCUT2D eigenvalue weighted by atomic mass is 10.0. The molecule has 0 amide bonds. The summed E-state index contributed by atoms with van der Waals surface area (Å²) in [6.07, 6.45) is -4.69. The topological polar surface area (TPSA) is 130 Å². The number of anilines is 1. The average Bonchev–Trinajstić information content (AvgIpc) is 2.41. The van der Waals surface area contributed by atoms with Gasteiger partial charge in [0, 0.05) is 17.8 Å². The van der Waals surface area contributed by atoms with Crippen molar-refractivity contribution in [1.29, 1.82) is 0 Å². The summed E-state index contributed by atoms with van der Waals surface area (Å²) in [5.74, 6) is 0. The Morgan fingerprint density at radius 2 is 2.00 bits per heavy atom. The molecular formula is C12H18N2O6. The van der Waals surface area contributed by atoms with Gasteiger partial charge in [-0.1, -0.05) is 6.07 Å². The molecule has 20 heavy (non-hydrogen) atoms. The Hall–Kier alpha value is -1.26. The fraction of sp³-hybridized carbons (Fsp3) is 0.500. The first-order valence-electron chi connectivity index (χ1n) is 6.16. The van der Waals surface area contributed by atoms with Gasteiger partial charge in [-0.05, 0) is 12.5 Å². The molecule has 0 aliphatic carbocycles. The average molecular weight is 286 g/mol. The summed E-state index contributed by atoms with van der Waals surface area (Å²) in [7, 11) is 0. The Labute approximate surface area is 115 Å². The predicted molar refractivity (Wildman–Crippen MR) is 68.3 cm³/mol. The molecule has 1 saturated heterocycles. The largest absolute Gasteiger partial charge is 0.595 e. The summed E-state index contributed by atoms with van der Waals surface area (Å²) in [5.41, 5.74) is 1.35. The first-order valence-corrected chi connectivity index (χ1v) is 6.16. The summed E-state index contributed by atoms with van der Waals surface area (Å²) >= 11 is 0. The van der Waals surface area contributed by atoms with E-state index in [0.717, 1.165) is 5.56 Å². The highest BCUT2D eigenvalue weighted by atomic mass is 16.8. The van der Waals surface area contributed by atoms with Crippen LogP contribution in [0.4, 0.5) is 11.4 Å². The minimum Gasteiger partial charge on any atom is -0.595 e. The van der Waals surface area contributed by atoms with E-state index in [-0.39, 0.29) is 12.3 Å². The summed E-state index contributed by atoms with van der Waals surface area (Å²) in [6, 6.07) is 4.52. The predicted octanol–water partition coefficient (Wildman–Crippen LogP) is -1.75. The zero-order valence-corrected chi connectivity index (χ0v) is 10.9. The van der Waals surface area contributed by atoms with E-state index in [1.807, 2.05) is 0 Å². The third-order valence-corrected chi connectivity index (χ3v) is 3.28. The highest BCUT2D eigenvalue weighted by Gasteiger charge is 2.37. The van der Waals surface area contributed by atoms with Crippen LogP contribution in [0.15, 0.2) is 18.2 Å². The minimum atomic E-state index is -1.32. The van der Waals surface area contributed by atoms with Crippen LogP contribution in [0, 0.1) is 12.1 Å². The molecule has 1 heterocycles. The molecule has 2 rings (SSSR count). The number of quaternary nitrogens is 1. The molecule has 5 atom stereocenters. The zero-order valence-electron chi connectivity index (χ0n) is 10.9. The van der Waals surface area contributed by atoms with Crippen LogP contribution in [0.25, 0.3) is 0 Å². The molecule has 1 aliphatic rings. The van der Waals surface area contributed by atoms with Gasteiger partial charge in [0.15, 0.2) is 11.9 Å². The molecule has 0 aromatic heterocycles. The van der Waals surface area contributed by atoms with Crippen LogP contribution in [-0.4, -0.2) is 51.7 Å². The van der Waals surface area contributed by atoms with E-state index in [2.05, 4.69) is 5.32 Å². The first kappa shape index (κ1) is 15.1. The molecule has 8 nitrogen and oxygen atoms in total. The van der Waals surface area contributed by atoms with Gasteiger partial charge in [0.1, 0.15) is 18.3 Å². The maximum atomic E-state index is 10.9. The smallest absolute Gasteiger partial charge is 0.165 e. The fourth-order valence-corrected chi connectivity index (χ4v) is 2.00. The third-order valence-electron chi connectivity index (χ3n) is 3.28. The summed E-state index contributed by atoms with van der Waals surface area (Å²) in [4.78, 5) is 0. The zero-order chi connectivity index (χ0) is 14.9. The second-order valence-corrected chi connectivity index (χ2v) is 4.78. The molecule has 0 spiro atoms. The second kappa shape index (κ2) is 6.02. The van der Waals surface area contributed by atoms with Crippen LogP contribution >= 0.6 is 0 Å². The number of nitrogens with one attached hydrogen (secondary N) is 2. The van der Waals surface area contributed by atoms with Gasteiger partial charge in [-0.15, -0.1) is 0 Å². The molecule has 112 valence electrons. The van der Waals surface area contributed by atoms with E-state index in [1.165, 1.54) is 12.1 Å². The molecule has 0 bridgehead atoms. The van der Waals surface area contributed by atoms with Crippen LogP contribution in [-0.2, 0) is 4.74 Å². The van der Waals surface area contributed by atoms with E-state index in [9.17, 15) is 20.5 Å².